The number of hydrogen-bond acceptors (Lipinski definition) is 5. The molecule has 1 saturated heterocycles. The highest BCUT2D eigenvalue weighted by atomic mass is 79.9. The minimum Gasteiger partial charge on any atom is -0.444 e. The van der Waals surface area contributed by atoms with E-state index in [4.69, 9.17) is 9.47 Å². The number of carbonyl (C=O) groups is 1. The fraction of sp³-hybridized carbons (Fsp3) is 0.417. The number of fused-ring (bicyclic) bond motifs is 1. The standard InChI is InChI=1S/C24H26BrF2N3O4/c1-24(2,3)34-23(32)29-6-7-33-16(12-29)11-19-22(21-17(26)9-15(25)10-18(21)27)28-20-8-14(13-31)4-5-30(19)20/h4-5,8-10,16,31H,6-7,11-13H2,1-3H3/t16-/m0/s1. The van der Waals surface area contributed by atoms with Crippen molar-refractivity contribution in [3.63, 3.8) is 0 Å². The van der Waals surface area contributed by atoms with Gasteiger partial charge in [0.25, 0.3) is 0 Å². The van der Waals surface area contributed by atoms with Gasteiger partial charge in [-0.2, -0.15) is 0 Å². The molecule has 7 nitrogen and oxygen atoms in total. The molecule has 10 heteroatoms. The van der Waals surface area contributed by atoms with Crippen LogP contribution in [0.3, 0.4) is 0 Å². The van der Waals surface area contributed by atoms with Crippen molar-refractivity contribution in [3.05, 3.63) is 57.8 Å². The van der Waals surface area contributed by atoms with Gasteiger partial charge in [0, 0.05) is 23.6 Å². The van der Waals surface area contributed by atoms with Gasteiger partial charge in [0.1, 0.15) is 22.9 Å². The number of hydrogen-bond donors (Lipinski definition) is 1. The lowest BCUT2D eigenvalue weighted by molar-refractivity contribution is -0.0418. The van der Waals surface area contributed by atoms with Gasteiger partial charge in [0.2, 0.25) is 0 Å². The fourth-order valence-corrected chi connectivity index (χ4v) is 4.35. The molecule has 0 bridgehead atoms. The molecule has 1 amide bonds. The summed E-state index contributed by atoms with van der Waals surface area (Å²) in [6, 6.07) is 5.75. The van der Waals surface area contributed by atoms with Crippen molar-refractivity contribution in [2.75, 3.05) is 19.7 Å². The van der Waals surface area contributed by atoms with E-state index in [9.17, 15) is 18.7 Å². The van der Waals surface area contributed by atoms with Crippen LogP contribution in [0, 0.1) is 11.6 Å². The number of aliphatic hydroxyl groups excluding tert-OH is 1. The summed E-state index contributed by atoms with van der Waals surface area (Å²) in [5.74, 6) is -1.50. The van der Waals surface area contributed by atoms with Crippen molar-refractivity contribution in [3.8, 4) is 11.3 Å². The molecule has 1 N–H and O–H groups in total. The predicted molar refractivity (Wildman–Crippen MR) is 125 cm³/mol. The molecule has 1 aromatic carbocycles. The van der Waals surface area contributed by atoms with E-state index < -0.39 is 29.4 Å². The summed E-state index contributed by atoms with van der Waals surface area (Å²) in [4.78, 5) is 18.6. The van der Waals surface area contributed by atoms with Gasteiger partial charge in [-0.05, 0) is 50.6 Å². The van der Waals surface area contributed by atoms with Crippen LogP contribution in [0.1, 0.15) is 32.0 Å². The summed E-state index contributed by atoms with van der Waals surface area (Å²) in [6.07, 6.45) is 1.09. The van der Waals surface area contributed by atoms with E-state index in [2.05, 4.69) is 20.9 Å². The van der Waals surface area contributed by atoms with E-state index in [-0.39, 0.29) is 35.3 Å². The molecule has 2 aromatic heterocycles. The van der Waals surface area contributed by atoms with Gasteiger partial charge in [-0.3, -0.25) is 0 Å². The number of ether oxygens (including phenoxy) is 2. The highest BCUT2D eigenvalue weighted by Crippen LogP contribution is 2.33. The minimum atomic E-state index is -0.751. The van der Waals surface area contributed by atoms with Crippen LogP contribution in [-0.4, -0.2) is 56.9 Å². The van der Waals surface area contributed by atoms with Crippen molar-refractivity contribution in [1.82, 2.24) is 14.3 Å². The second-order valence-corrected chi connectivity index (χ2v) is 10.1. The molecule has 1 aliphatic heterocycles. The first-order valence-electron chi connectivity index (χ1n) is 10.9. The normalized spacial score (nSPS) is 16.8. The molecule has 1 atom stereocenters. The number of nitrogens with zero attached hydrogens (tertiary/aromatic N) is 3. The second-order valence-electron chi connectivity index (χ2n) is 9.20. The van der Waals surface area contributed by atoms with Crippen LogP contribution >= 0.6 is 15.9 Å². The lowest BCUT2D eigenvalue weighted by atomic mass is 10.0. The number of halogens is 3. The first-order chi connectivity index (χ1) is 16.1. The molecular formula is C24H26BrF2N3O4. The maximum absolute atomic E-state index is 14.9. The molecule has 0 radical (unpaired) electrons. The van der Waals surface area contributed by atoms with E-state index in [1.165, 1.54) is 12.1 Å². The number of rotatable bonds is 4. The first-order valence-corrected chi connectivity index (χ1v) is 11.7. The van der Waals surface area contributed by atoms with Gasteiger partial charge in [0.15, 0.2) is 0 Å². The molecular weight excluding hydrogens is 512 g/mol. The number of morpholine rings is 1. The molecule has 0 unspecified atom stereocenters. The molecule has 0 spiro atoms. The number of carbonyl (C=O) groups excluding carboxylic acids is 1. The zero-order chi connectivity index (χ0) is 24.6. The van der Waals surface area contributed by atoms with Crippen molar-refractivity contribution < 1.29 is 28.2 Å². The number of pyridine rings is 1. The van der Waals surface area contributed by atoms with E-state index >= 15 is 0 Å². The number of imidazole rings is 1. The maximum atomic E-state index is 14.9. The first kappa shape index (κ1) is 24.6. The van der Waals surface area contributed by atoms with Crippen LogP contribution in [0.25, 0.3) is 16.9 Å². The Kier molecular flexibility index (Phi) is 6.93. The fourth-order valence-electron chi connectivity index (χ4n) is 3.95. The van der Waals surface area contributed by atoms with Crippen LogP contribution in [0.15, 0.2) is 34.9 Å². The quantitative estimate of drug-likeness (QED) is 0.521. The zero-order valence-corrected chi connectivity index (χ0v) is 20.7. The smallest absolute Gasteiger partial charge is 0.410 e. The van der Waals surface area contributed by atoms with Crippen LogP contribution < -0.4 is 0 Å². The summed E-state index contributed by atoms with van der Waals surface area (Å²) in [5.41, 5.74) is 0.884. The Morgan fingerprint density at radius 3 is 2.65 bits per heavy atom. The third-order valence-electron chi connectivity index (χ3n) is 5.43. The van der Waals surface area contributed by atoms with Gasteiger partial charge < -0.3 is 23.9 Å². The zero-order valence-electron chi connectivity index (χ0n) is 19.1. The van der Waals surface area contributed by atoms with Gasteiger partial charge in [0.05, 0.1) is 42.8 Å². The minimum absolute atomic E-state index is 0.149. The third-order valence-corrected chi connectivity index (χ3v) is 5.89. The average Bonchev–Trinajstić information content (AvgIpc) is 3.09. The Bertz CT molecular complexity index is 1200. The molecule has 0 saturated carbocycles. The molecule has 1 aliphatic rings. The van der Waals surface area contributed by atoms with Crippen LogP contribution in [0.4, 0.5) is 13.6 Å². The lowest BCUT2D eigenvalue weighted by Crippen LogP contribution is -2.48. The van der Waals surface area contributed by atoms with Crippen LogP contribution in [-0.2, 0) is 22.5 Å². The lowest BCUT2D eigenvalue weighted by Gasteiger charge is -2.34. The van der Waals surface area contributed by atoms with Crippen molar-refractivity contribution in [2.45, 2.75) is 45.5 Å². The van der Waals surface area contributed by atoms with E-state index in [0.29, 0.717) is 30.1 Å². The Balaban J connectivity index is 1.72. The van der Waals surface area contributed by atoms with Crippen molar-refractivity contribution in [1.29, 1.82) is 0 Å². The van der Waals surface area contributed by atoms with E-state index in [1.54, 1.807) is 48.4 Å². The van der Waals surface area contributed by atoms with Gasteiger partial charge in [-0.15, -0.1) is 0 Å². The van der Waals surface area contributed by atoms with Gasteiger partial charge in [-0.1, -0.05) is 15.9 Å². The molecule has 3 heterocycles. The van der Waals surface area contributed by atoms with Crippen LogP contribution in [0.2, 0.25) is 0 Å². The molecule has 3 aromatic rings. The predicted octanol–water partition coefficient (Wildman–Crippen LogP) is 4.71. The highest BCUT2D eigenvalue weighted by molar-refractivity contribution is 9.10. The average molecular weight is 538 g/mol. The van der Waals surface area contributed by atoms with Crippen molar-refractivity contribution >= 4 is 27.7 Å². The number of aliphatic hydroxyl groups is 1. The van der Waals surface area contributed by atoms with Gasteiger partial charge in [-0.25, -0.2) is 18.6 Å². The summed E-state index contributed by atoms with van der Waals surface area (Å²) >= 11 is 3.11. The van der Waals surface area contributed by atoms with Gasteiger partial charge >= 0.3 is 6.09 Å². The molecule has 0 aliphatic carbocycles. The largest absolute Gasteiger partial charge is 0.444 e. The van der Waals surface area contributed by atoms with E-state index in [0.717, 1.165) is 0 Å². The Morgan fingerprint density at radius 2 is 2.00 bits per heavy atom. The molecule has 4 rings (SSSR count). The Hall–Kier alpha value is -2.56. The monoisotopic (exact) mass is 537 g/mol. The summed E-state index contributed by atoms with van der Waals surface area (Å²) in [6.45, 7) is 6.18. The van der Waals surface area contributed by atoms with Crippen LogP contribution in [0.5, 0.6) is 0 Å². The Morgan fingerprint density at radius 1 is 1.29 bits per heavy atom. The topological polar surface area (TPSA) is 76.3 Å². The maximum Gasteiger partial charge on any atom is 0.410 e. The van der Waals surface area contributed by atoms with E-state index in [1.807, 2.05) is 0 Å². The third kappa shape index (κ3) is 5.24. The highest BCUT2D eigenvalue weighted by Gasteiger charge is 2.30. The second kappa shape index (κ2) is 9.59. The molecule has 1 fully saturated rings. The number of aromatic nitrogens is 2. The number of amides is 1. The molecule has 34 heavy (non-hydrogen) atoms. The SMILES string of the molecule is CC(C)(C)OC(=O)N1CCO[C@@H](Cc2c(-c3c(F)cc(Br)cc3F)nc3cc(CO)ccn23)C1. The summed E-state index contributed by atoms with van der Waals surface area (Å²) < 4.78 is 43.2. The Labute approximate surface area is 204 Å². The summed E-state index contributed by atoms with van der Waals surface area (Å²) in [7, 11) is 0. The number of benzene rings is 1. The van der Waals surface area contributed by atoms with Crippen molar-refractivity contribution in [2.24, 2.45) is 0 Å². The molecule has 182 valence electrons. The summed E-state index contributed by atoms with van der Waals surface area (Å²) in [5, 5.41) is 9.50.